The minimum absolute atomic E-state index is 0.159. The third kappa shape index (κ3) is 2.17. The van der Waals surface area contributed by atoms with Gasteiger partial charge >= 0.3 is 0 Å². The molecule has 0 aliphatic carbocycles. The van der Waals surface area contributed by atoms with Gasteiger partial charge in [-0.1, -0.05) is 6.07 Å². The maximum Gasteiger partial charge on any atom is 0.122 e. The smallest absolute Gasteiger partial charge is 0.122 e. The van der Waals surface area contributed by atoms with Gasteiger partial charge in [0.1, 0.15) is 5.75 Å². The normalized spacial score (nSPS) is 17.6. The summed E-state index contributed by atoms with van der Waals surface area (Å²) in [5.74, 6) is 0.956. The fraction of sp³-hybridized carbons (Fsp3) is 0.571. The molecule has 0 saturated carbocycles. The van der Waals surface area contributed by atoms with E-state index in [0.717, 1.165) is 25.4 Å². The van der Waals surface area contributed by atoms with E-state index in [2.05, 4.69) is 19.9 Å². The molecule has 0 amide bonds. The van der Waals surface area contributed by atoms with E-state index in [1.807, 2.05) is 6.07 Å². The summed E-state index contributed by atoms with van der Waals surface area (Å²) in [4.78, 5) is 0. The van der Waals surface area contributed by atoms with Gasteiger partial charge in [-0.2, -0.15) is 0 Å². The number of nitrogens with two attached hydrogens (primary N) is 1. The van der Waals surface area contributed by atoms with Gasteiger partial charge in [-0.25, -0.2) is 0 Å². The van der Waals surface area contributed by atoms with Gasteiger partial charge in [0.15, 0.2) is 0 Å². The Bertz CT molecular complexity index is 405. The Kier molecular flexibility index (Phi) is 3.40. The summed E-state index contributed by atoms with van der Waals surface area (Å²) in [6, 6.07) is 4.19. The molecule has 0 unspecified atom stereocenters. The van der Waals surface area contributed by atoms with Crippen molar-refractivity contribution in [2.75, 3.05) is 26.9 Å². The Labute approximate surface area is 103 Å². The maximum absolute atomic E-state index is 5.86. The Balaban J connectivity index is 2.25. The topological polar surface area (TPSA) is 44.5 Å². The van der Waals surface area contributed by atoms with Crippen molar-refractivity contribution in [3.05, 3.63) is 28.8 Å². The predicted octanol–water partition coefficient (Wildman–Crippen LogP) is 1.83. The molecule has 0 spiro atoms. The summed E-state index contributed by atoms with van der Waals surface area (Å²) in [6.45, 7) is 6.51. The average molecular weight is 235 g/mol. The van der Waals surface area contributed by atoms with Gasteiger partial charge in [0.05, 0.1) is 20.3 Å². The molecule has 1 heterocycles. The van der Waals surface area contributed by atoms with E-state index in [1.165, 1.54) is 16.7 Å². The molecular formula is C14H21NO2. The number of benzene rings is 1. The molecular weight excluding hydrogens is 214 g/mol. The molecule has 0 atom stereocenters. The van der Waals surface area contributed by atoms with Crippen molar-refractivity contribution in [1.29, 1.82) is 0 Å². The molecule has 0 radical (unpaired) electrons. The predicted molar refractivity (Wildman–Crippen MR) is 68.5 cm³/mol. The van der Waals surface area contributed by atoms with Crippen LogP contribution >= 0.6 is 0 Å². The number of ether oxygens (including phenoxy) is 2. The van der Waals surface area contributed by atoms with Crippen LogP contribution in [-0.4, -0.2) is 26.9 Å². The van der Waals surface area contributed by atoms with Crippen LogP contribution in [0.2, 0.25) is 0 Å². The molecule has 17 heavy (non-hydrogen) atoms. The monoisotopic (exact) mass is 235 g/mol. The van der Waals surface area contributed by atoms with Gasteiger partial charge in [0.25, 0.3) is 0 Å². The molecule has 0 aromatic heterocycles. The molecule has 1 aliphatic heterocycles. The van der Waals surface area contributed by atoms with Crippen LogP contribution in [0.4, 0.5) is 0 Å². The Morgan fingerprint density at radius 3 is 2.47 bits per heavy atom. The lowest BCUT2D eigenvalue weighted by Crippen LogP contribution is -2.49. The van der Waals surface area contributed by atoms with E-state index < -0.39 is 0 Å². The summed E-state index contributed by atoms with van der Waals surface area (Å²) < 4.78 is 10.6. The molecule has 2 N–H and O–H groups in total. The third-order valence-corrected chi connectivity index (χ3v) is 3.88. The maximum atomic E-state index is 5.86. The lowest BCUT2D eigenvalue weighted by atomic mass is 9.78. The summed E-state index contributed by atoms with van der Waals surface area (Å²) in [5, 5.41) is 0. The minimum Gasteiger partial charge on any atom is -0.496 e. The van der Waals surface area contributed by atoms with E-state index in [4.69, 9.17) is 15.2 Å². The van der Waals surface area contributed by atoms with Crippen LogP contribution in [0.1, 0.15) is 16.7 Å². The average Bonchev–Trinajstić information content (AvgIpc) is 2.29. The summed E-state index contributed by atoms with van der Waals surface area (Å²) in [7, 11) is 1.71. The molecule has 0 bridgehead atoms. The third-order valence-electron chi connectivity index (χ3n) is 3.88. The van der Waals surface area contributed by atoms with E-state index in [0.29, 0.717) is 6.54 Å². The zero-order chi connectivity index (χ0) is 12.5. The van der Waals surface area contributed by atoms with Gasteiger partial charge in [0.2, 0.25) is 0 Å². The molecule has 1 aliphatic rings. The van der Waals surface area contributed by atoms with Crippen molar-refractivity contribution in [3.8, 4) is 5.75 Å². The summed E-state index contributed by atoms with van der Waals surface area (Å²) >= 11 is 0. The van der Waals surface area contributed by atoms with Gasteiger partial charge in [0, 0.05) is 12.0 Å². The van der Waals surface area contributed by atoms with Gasteiger partial charge < -0.3 is 15.2 Å². The Hall–Kier alpha value is -1.06. The first kappa shape index (κ1) is 12.4. The quantitative estimate of drug-likeness (QED) is 0.866. The fourth-order valence-electron chi connectivity index (χ4n) is 2.35. The van der Waals surface area contributed by atoms with Crippen LogP contribution < -0.4 is 10.5 Å². The second-order valence-electron chi connectivity index (χ2n) is 5.05. The van der Waals surface area contributed by atoms with Crippen molar-refractivity contribution in [2.24, 2.45) is 11.1 Å². The molecule has 1 aromatic carbocycles. The molecule has 2 rings (SSSR count). The number of hydrogen-bond donors (Lipinski definition) is 1. The van der Waals surface area contributed by atoms with Crippen molar-refractivity contribution in [2.45, 2.75) is 20.3 Å². The molecule has 1 fully saturated rings. The minimum atomic E-state index is 0.159. The highest BCUT2D eigenvalue weighted by atomic mass is 16.5. The van der Waals surface area contributed by atoms with Gasteiger partial charge in [-0.15, -0.1) is 0 Å². The zero-order valence-corrected chi connectivity index (χ0v) is 10.9. The van der Waals surface area contributed by atoms with Crippen LogP contribution in [0.15, 0.2) is 12.1 Å². The number of methoxy groups -OCH3 is 1. The molecule has 94 valence electrons. The highest BCUT2D eigenvalue weighted by Crippen LogP contribution is 2.33. The van der Waals surface area contributed by atoms with Gasteiger partial charge in [-0.05, 0) is 43.0 Å². The van der Waals surface area contributed by atoms with E-state index in [1.54, 1.807) is 7.11 Å². The second kappa shape index (κ2) is 4.67. The second-order valence-corrected chi connectivity index (χ2v) is 5.05. The van der Waals surface area contributed by atoms with Crippen molar-refractivity contribution < 1.29 is 9.47 Å². The number of rotatable bonds is 4. The van der Waals surface area contributed by atoms with Gasteiger partial charge in [-0.3, -0.25) is 0 Å². The molecule has 3 heteroatoms. The standard InChI is InChI=1S/C14H21NO2/c1-10-11(2)13(16-3)5-4-12(10)6-14(7-15)8-17-9-14/h4-5H,6-9,15H2,1-3H3. The Morgan fingerprint density at radius 1 is 1.29 bits per heavy atom. The largest absolute Gasteiger partial charge is 0.496 e. The fourth-order valence-corrected chi connectivity index (χ4v) is 2.35. The van der Waals surface area contributed by atoms with Crippen LogP contribution in [0.3, 0.4) is 0 Å². The molecule has 3 nitrogen and oxygen atoms in total. The van der Waals surface area contributed by atoms with Crippen molar-refractivity contribution in [1.82, 2.24) is 0 Å². The lowest BCUT2D eigenvalue weighted by Gasteiger charge is -2.41. The Morgan fingerprint density at radius 2 is 2.00 bits per heavy atom. The van der Waals surface area contributed by atoms with Crippen LogP contribution in [0.5, 0.6) is 5.75 Å². The molecule has 1 saturated heterocycles. The van der Waals surface area contributed by atoms with Crippen molar-refractivity contribution >= 4 is 0 Å². The van der Waals surface area contributed by atoms with E-state index in [9.17, 15) is 0 Å². The SMILES string of the molecule is COc1ccc(CC2(CN)COC2)c(C)c1C. The molecule has 1 aromatic rings. The zero-order valence-electron chi connectivity index (χ0n) is 10.9. The lowest BCUT2D eigenvalue weighted by molar-refractivity contribution is -0.106. The van der Waals surface area contributed by atoms with Crippen LogP contribution in [-0.2, 0) is 11.2 Å². The highest BCUT2D eigenvalue weighted by molar-refractivity contribution is 5.44. The van der Waals surface area contributed by atoms with E-state index >= 15 is 0 Å². The van der Waals surface area contributed by atoms with Crippen LogP contribution in [0.25, 0.3) is 0 Å². The first-order chi connectivity index (χ1) is 8.12. The van der Waals surface area contributed by atoms with E-state index in [-0.39, 0.29) is 5.41 Å². The summed E-state index contributed by atoms with van der Waals surface area (Å²) in [6.07, 6.45) is 1.00. The first-order valence-electron chi connectivity index (χ1n) is 6.03. The van der Waals surface area contributed by atoms with Crippen LogP contribution in [0, 0.1) is 19.3 Å². The first-order valence-corrected chi connectivity index (χ1v) is 6.03. The summed E-state index contributed by atoms with van der Waals surface area (Å²) in [5.41, 5.74) is 9.90. The highest BCUT2D eigenvalue weighted by Gasteiger charge is 2.37. The van der Waals surface area contributed by atoms with Crippen molar-refractivity contribution in [3.63, 3.8) is 0 Å². The number of hydrogen-bond acceptors (Lipinski definition) is 3.